The van der Waals surface area contributed by atoms with Crippen molar-refractivity contribution in [2.45, 2.75) is 46.0 Å². The summed E-state index contributed by atoms with van der Waals surface area (Å²) in [5, 5.41) is 5.55. The molecule has 0 fully saturated rings. The number of para-hydroxylation sites is 1. The van der Waals surface area contributed by atoms with Crippen molar-refractivity contribution < 1.29 is 9.59 Å². The Hall–Kier alpha value is -1.84. The maximum atomic E-state index is 11.9. The zero-order valence-corrected chi connectivity index (χ0v) is 12.5. The lowest BCUT2D eigenvalue weighted by molar-refractivity contribution is -0.126. The van der Waals surface area contributed by atoms with Crippen molar-refractivity contribution in [2.75, 3.05) is 11.9 Å². The molecule has 1 rings (SSSR count). The second-order valence-corrected chi connectivity index (χ2v) is 5.17. The highest BCUT2D eigenvalue weighted by molar-refractivity contribution is 6.03. The Morgan fingerprint density at radius 2 is 1.85 bits per heavy atom. The molecule has 4 nitrogen and oxygen atoms in total. The van der Waals surface area contributed by atoms with Gasteiger partial charge >= 0.3 is 0 Å². The molecule has 110 valence electrons. The average Bonchev–Trinajstić information content (AvgIpc) is 2.39. The normalized spacial score (nSPS) is 10.4. The highest BCUT2D eigenvalue weighted by atomic mass is 16.2. The maximum Gasteiger partial charge on any atom is 0.233 e. The van der Waals surface area contributed by atoms with Gasteiger partial charge < -0.3 is 10.6 Å². The Morgan fingerprint density at radius 1 is 1.15 bits per heavy atom. The van der Waals surface area contributed by atoms with Crippen LogP contribution in [0.3, 0.4) is 0 Å². The molecule has 0 aliphatic heterocycles. The van der Waals surface area contributed by atoms with Gasteiger partial charge in [0.25, 0.3) is 0 Å². The number of rotatable bonds is 7. The summed E-state index contributed by atoms with van der Waals surface area (Å²) >= 11 is 0. The van der Waals surface area contributed by atoms with Gasteiger partial charge in [0, 0.05) is 12.2 Å². The molecule has 0 heterocycles. The van der Waals surface area contributed by atoms with Crippen molar-refractivity contribution in [1.29, 1.82) is 0 Å². The highest BCUT2D eigenvalue weighted by Gasteiger charge is 2.12. The van der Waals surface area contributed by atoms with Crippen LogP contribution in [0, 0.1) is 0 Å². The lowest BCUT2D eigenvalue weighted by Gasteiger charge is -2.13. The summed E-state index contributed by atoms with van der Waals surface area (Å²) in [6.07, 6.45) is 1.83. The summed E-state index contributed by atoms with van der Waals surface area (Å²) in [7, 11) is 0. The van der Waals surface area contributed by atoms with Crippen LogP contribution in [-0.4, -0.2) is 18.4 Å². The van der Waals surface area contributed by atoms with Crippen LogP contribution in [0.5, 0.6) is 0 Å². The molecule has 0 saturated heterocycles. The quantitative estimate of drug-likeness (QED) is 0.594. The summed E-state index contributed by atoms with van der Waals surface area (Å²) in [4.78, 5) is 23.4. The molecular weight excluding hydrogens is 252 g/mol. The Morgan fingerprint density at radius 3 is 2.50 bits per heavy atom. The largest absolute Gasteiger partial charge is 0.356 e. The Kier molecular flexibility index (Phi) is 6.77. The summed E-state index contributed by atoms with van der Waals surface area (Å²) in [6, 6.07) is 7.68. The first-order valence-corrected chi connectivity index (χ1v) is 7.20. The van der Waals surface area contributed by atoms with E-state index in [2.05, 4.69) is 31.4 Å². The minimum atomic E-state index is -0.271. The monoisotopic (exact) mass is 276 g/mol. The van der Waals surface area contributed by atoms with Crippen LogP contribution < -0.4 is 10.6 Å². The SMILES string of the molecule is CCCCNC(=O)CC(=O)Nc1ccccc1C(C)C. The molecule has 20 heavy (non-hydrogen) atoms. The van der Waals surface area contributed by atoms with Crippen molar-refractivity contribution in [1.82, 2.24) is 5.32 Å². The van der Waals surface area contributed by atoms with Gasteiger partial charge in [-0.25, -0.2) is 0 Å². The van der Waals surface area contributed by atoms with Crippen LogP contribution in [0.2, 0.25) is 0 Å². The van der Waals surface area contributed by atoms with Crippen LogP contribution >= 0.6 is 0 Å². The number of amides is 2. The molecule has 0 spiro atoms. The highest BCUT2D eigenvalue weighted by Crippen LogP contribution is 2.23. The summed E-state index contributed by atoms with van der Waals surface area (Å²) in [5.74, 6) is -0.171. The Balaban J connectivity index is 2.52. The first kappa shape index (κ1) is 16.2. The molecule has 1 aromatic rings. The fourth-order valence-electron chi connectivity index (χ4n) is 1.92. The van der Waals surface area contributed by atoms with E-state index in [0.29, 0.717) is 12.5 Å². The Labute approximate surface area is 121 Å². The van der Waals surface area contributed by atoms with Gasteiger partial charge in [-0.3, -0.25) is 9.59 Å². The molecule has 0 bridgehead atoms. The number of nitrogens with one attached hydrogen (secondary N) is 2. The number of hydrogen-bond acceptors (Lipinski definition) is 2. The van der Waals surface area contributed by atoms with E-state index in [4.69, 9.17) is 0 Å². The van der Waals surface area contributed by atoms with Crippen molar-refractivity contribution in [3.05, 3.63) is 29.8 Å². The number of anilines is 1. The van der Waals surface area contributed by atoms with Gasteiger partial charge in [-0.1, -0.05) is 45.4 Å². The molecule has 1 aromatic carbocycles. The molecule has 2 amide bonds. The third kappa shape index (κ3) is 5.43. The molecule has 4 heteroatoms. The lowest BCUT2D eigenvalue weighted by Crippen LogP contribution is -2.29. The van der Waals surface area contributed by atoms with E-state index in [1.165, 1.54) is 0 Å². The van der Waals surface area contributed by atoms with E-state index in [1.54, 1.807) is 0 Å². The van der Waals surface area contributed by atoms with E-state index in [0.717, 1.165) is 24.1 Å². The molecule has 0 unspecified atom stereocenters. The van der Waals surface area contributed by atoms with Crippen molar-refractivity contribution >= 4 is 17.5 Å². The van der Waals surface area contributed by atoms with Gasteiger partial charge in [-0.2, -0.15) is 0 Å². The first-order valence-electron chi connectivity index (χ1n) is 7.20. The molecule has 0 aliphatic carbocycles. The predicted octanol–water partition coefficient (Wildman–Crippen LogP) is 3.05. The molecule has 0 saturated carbocycles. The second kappa shape index (κ2) is 8.35. The lowest BCUT2D eigenvalue weighted by atomic mass is 10.0. The third-order valence-corrected chi connectivity index (χ3v) is 3.03. The van der Waals surface area contributed by atoms with Crippen LogP contribution in [0.4, 0.5) is 5.69 Å². The molecule has 0 aliphatic rings. The van der Waals surface area contributed by atoms with Gasteiger partial charge in [0.15, 0.2) is 0 Å². The fraction of sp³-hybridized carbons (Fsp3) is 0.500. The first-order chi connectivity index (χ1) is 9.54. The van der Waals surface area contributed by atoms with E-state index < -0.39 is 0 Å². The van der Waals surface area contributed by atoms with Crippen LogP contribution in [0.25, 0.3) is 0 Å². The summed E-state index contributed by atoms with van der Waals surface area (Å²) in [5.41, 5.74) is 1.86. The van der Waals surface area contributed by atoms with E-state index in [1.807, 2.05) is 24.3 Å². The second-order valence-electron chi connectivity index (χ2n) is 5.17. The number of benzene rings is 1. The number of carbonyl (C=O) groups is 2. The number of unbranched alkanes of at least 4 members (excludes halogenated alkanes) is 1. The zero-order valence-electron chi connectivity index (χ0n) is 12.5. The van der Waals surface area contributed by atoms with E-state index in [-0.39, 0.29) is 18.2 Å². The minimum absolute atomic E-state index is 0.129. The van der Waals surface area contributed by atoms with Crippen molar-refractivity contribution in [3.63, 3.8) is 0 Å². The van der Waals surface area contributed by atoms with Crippen LogP contribution in [0.15, 0.2) is 24.3 Å². The molecule has 0 radical (unpaired) electrons. The number of hydrogen-bond donors (Lipinski definition) is 2. The third-order valence-electron chi connectivity index (χ3n) is 3.03. The van der Waals surface area contributed by atoms with E-state index >= 15 is 0 Å². The van der Waals surface area contributed by atoms with Crippen LogP contribution in [0.1, 0.15) is 51.5 Å². The topological polar surface area (TPSA) is 58.2 Å². The van der Waals surface area contributed by atoms with Gasteiger partial charge in [0.05, 0.1) is 0 Å². The molecule has 2 N–H and O–H groups in total. The summed E-state index contributed by atoms with van der Waals surface area (Å²) < 4.78 is 0. The fourth-order valence-corrected chi connectivity index (χ4v) is 1.92. The van der Waals surface area contributed by atoms with Gasteiger partial charge in [0.2, 0.25) is 11.8 Å². The molecule has 0 atom stereocenters. The molecule has 0 aromatic heterocycles. The Bertz CT molecular complexity index is 456. The van der Waals surface area contributed by atoms with Crippen molar-refractivity contribution in [3.8, 4) is 0 Å². The zero-order chi connectivity index (χ0) is 15.0. The number of carbonyl (C=O) groups excluding carboxylic acids is 2. The average molecular weight is 276 g/mol. The van der Waals surface area contributed by atoms with Gasteiger partial charge in [0.1, 0.15) is 6.42 Å². The molecular formula is C16H24N2O2. The smallest absolute Gasteiger partial charge is 0.233 e. The maximum absolute atomic E-state index is 11.9. The summed E-state index contributed by atoms with van der Waals surface area (Å²) in [6.45, 7) is 6.83. The van der Waals surface area contributed by atoms with Crippen LogP contribution in [-0.2, 0) is 9.59 Å². The predicted molar refractivity (Wildman–Crippen MR) is 81.7 cm³/mol. The van der Waals surface area contributed by atoms with Gasteiger partial charge in [-0.15, -0.1) is 0 Å². The standard InChI is InChI=1S/C16H24N2O2/c1-4-5-10-17-15(19)11-16(20)18-14-9-7-6-8-13(14)12(2)3/h6-9,12H,4-5,10-11H2,1-3H3,(H,17,19)(H,18,20). The van der Waals surface area contributed by atoms with E-state index in [9.17, 15) is 9.59 Å². The van der Waals surface area contributed by atoms with Crippen molar-refractivity contribution in [2.24, 2.45) is 0 Å². The minimum Gasteiger partial charge on any atom is -0.356 e. The van der Waals surface area contributed by atoms with Gasteiger partial charge in [-0.05, 0) is 24.0 Å².